The molecule has 9 rings (SSSR count). The van der Waals surface area contributed by atoms with Crippen molar-refractivity contribution in [2.24, 2.45) is 0 Å². The fourth-order valence-corrected chi connectivity index (χ4v) is 5.46. The fourth-order valence-electron chi connectivity index (χ4n) is 5.46. The van der Waals surface area contributed by atoms with Crippen LogP contribution in [0.5, 0.6) is 0 Å². The van der Waals surface area contributed by atoms with Crippen LogP contribution >= 0.6 is 0 Å². The summed E-state index contributed by atoms with van der Waals surface area (Å²) in [6.45, 7) is 0. The Bertz CT molecular complexity index is 2030. The molecule has 0 atom stereocenters. The van der Waals surface area contributed by atoms with Crippen molar-refractivity contribution in [3.63, 3.8) is 0 Å². The summed E-state index contributed by atoms with van der Waals surface area (Å²) >= 11 is 0. The first kappa shape index (κ1) is 23.6. The summed E-state index contributed by atoms with van der Waals surface area (Å²) in [5.74, 6) is 2.21. The number of fused-ring (bicyclic) bond motifs is 20. The van der Waals surface area contributed by atoms with Gasteiger partial charge in [0, 0.05) is 61.3 Å². The normalized spacial score (nSPS) is 11.7. The second-order valence-corrected chi connectivity index (χ2v) is 9.67. The third-order valence-corrected chi connectivity index (χ3v) is 7.33. The summed E-state index contributed by atoms with van der Waals surface area (Å²) in [5, 5.41) is 3.57. The predicted molar refractivity (Wildman–Crippen MR) is 154 cm³/mol. The van der Waals surface area contributed by atoms with Gasteiger partial charge in [-0.1, -0.05) is 97.1 Å². The number of aromatic nitrogens is 8. The van der Waals surface area contributed by atoms with Crippen molar-refractivity contribution in [2.75, 3.05) is 0 Å². The molecule has 0 aliphatic carbocycles. The van der Waals surface area contributed by atoms with Gasteiger partial charge in [0.05, 0.1) is 23.3 Å². The molecule has 0 amide bonds. The monoisotopic (exact) mass is 570 g/mol. The Morgan fingerprint density at radius 1 is 0.317 bits per heavy atom. The smallest absolute Gasteiger partial charge is 0.0927 e. The second-order valence-electron chi connectivity index (χ2n) is 9.67. The number of benzene rings is 4. The minimum absolute atomic E-state index is 0. The Hall–Kier alpha value is -5.27. The molecule has 2 aliphatic rings. The summed E-state index contributed by atoms with van der Waals surface area (Å²) in [4.78, 5) is 39.3. The van der Waals surface area contributed by atoms with E-state index in [2.05, 4.69) is 0 Å². The van der Waals surface area contributed by atoms with Crippen molar-refractivity contribution in [2.45, 2.75) is 0 Å². The van der Waals surface area contributed by atoms with Gasteiger partial charge in [-0.15, -0.1) is 0 Å². The molecule has 4 aromatic carbocycles. The molecule has 2 aliphatic heterocycles. The van der Waals surface area contributed by atoms with Crippen LogP contribution < -0.4 is 9.97 Å². The van der Waals surface area contributed by atoms with Gasteiger partial charge in [0.1, 0.15) is 0 Å². The standard InChI is InChI=1S/C32H16N8.Ni/c1-2-10-18-17(9-1)25-33-26(18)38-28-21-13-5-6-14-22(21)30(35-28)40-32-24-16-8-7-15-23(24)31(36-32)39-29-20-12-4-3-11-19(20)27(34-29)37-25;/h1-16H;/q-2;. The van der Waals surface area contributed by atoms with E-state index in [1.807, 2.05) is 97.1 Å². The first-order valence-corrected chi connectivity index (χ1v) is 12.9. The van der Waals surface area contributed by atoms with Crippen molar-refractivity contribution in [1.82, 2.24) is 39.9 Å². The Morgan fingerprint density at radius 2 is 0.561 bits per heavy atom. The average Bonchev–Trinajstić information content (AvgIpc) is 3.73. The van der Waals surface area contributed by atoms with Gasteiger partial charge in [-0.2, -0.15) is 0 Å². The van der Waals surface area contributed by atoms with Gasteiger partial charge >= 0.3 is 0 Å². The maximum absolute atomic E-state index is 4.95. The molecule has 0 spiro atoms. The van der Waals surface area contributed by atoms with Crippen molar-refractivity contribution in [3.05, 3.63) is 97.1 Å². The first-order valence-electron chi connectivity index (χ1n) is 12.9. The number of hydrogen-bond acceptors (Lipinski definition) is 6. The summed E-state index contributed by atoms with van der Waals surface area (Å²) < 4.78 is 0. The maximum Gasteiger partial charge on any atom is 0.0927 e. The van der Waals surface area contributed by atoms with E-state index >= 15 is 0 Å². The fraction of sp³-hybridized carbons (Fsp3) is 0. The van der Waals surface area contributed by atoms with Crippen LogP contribution in [0.4, 0.5) is 0 Å². The van der Waals surface area contributed by atoms with Crippen molar-refractivity contribution in [3.8, 4) is 45.6 Å². The molecule has 5 heterocycles. The van der Waals surface area contributed by atoms with E-state index < -0.39 is 0 Å². The van der Waals surface area contributed by atoms with Crippen LogP contribution in [0.25, 0.3) is 89.7 Å². The Balaban J connectivity index is 0.00000256. The van der Waals surface area contributed by atoms with Gasteiger partial charge < -0.3 is 29.9 Å². The van der Waals surface area contributed by atoms with Crippen LogP contribution in [0.1, 0.15) is 0 Å². The average molecular weight is 571 g/mol. The van der Waals surface area contributed by atoms with Crippen molar-refractivity contribution in [1.29, 1.82) is 0 Å². The molecule has 8 nitrogen and oxygen atoms in total. The molecule has 0 saturated carbocycles. The Morgan fingerprint density at radius 3 is 0.829 bits per heavy atom. The molecule has 0 N–H and O–H groups in total. The summed E-state index contributed by atoms with van der Waals surface area (Å²) in [7, 11) is 0. The zero-order chi connectivity index (χ0) is 26.2. The van der Waals surface area contributed by atoms with Gasteiger partial charge in [-0.05, 0) is 21.5 Å². The van der Waals surface area contributed by atoms with Crippen molar-refractivity contribution < 1.29 is 16.5 Å². The number of nitrogens with zero attached hydrogens (tertiary/aromatic N) is 8. The van der Waals surface area contributed by atoms with Crippen LogP contribution in [0.3, 0.4) is 0 Å². The van der Waals surface area contributed by atoms with Crippen LogP contribution in [-0.2, 0) is 16.5 Å². The first-order chi connectivity index (χ1) is 19.8. The third-order valence-electron chi connectivity index (χ3n) is 7.33. The molecule has 0 saturated heterocycles. The minimum atomic E-state index is 0. The molecule has 3 aromatic heterocycles. The molecular formula is C32H16N8Ni-2. The molecule has 0 radical (unpaired) electrons. The molecule has 0 fully saturated rings. The third kappa shape index (κ3) is 3.53. The molecule has 8 bridgehead atoms. The van der Waals surface area contributed by atoms with E-state index in [0.29, 0.717) is 45.9 Å². The quantitative estimate of drug-likeness (QED) is 0.201. The van der Waals surface area contributed by atoms with E-state index in [4.69, 9.17) is 39.9 Å². The van der Waals surface area contributed by atoms with E-state index in [1.54, 1.807) is 0 Å². The topological polar surface area (TPSA) is 106 Å². The van der Waals surface area contributed by atoms with Crippen LogP contribution in [0.15, 0.2) is 97.1 Å². The van der Waals surface area contributed by atoms with Crippen molar-refractivity contribution >= 4 is 44.1 Å². The van der Waals surface area contributed by atoms with Gasteiger partial charge in [-0.3, -0.25) is 0 Å². The second kappa shape index (κ2) is 8.88. The van der Waals surface area contributed by atoms with Crippen LogP contribution in [0.2, 0.25) is 0 Å². The Kier molecular flexibility index (Phi) is 5.11. The number of rotatable bonds is 0. The van der Waals surface area contributed by atoms with Crippen LogP contribution in [0, 0.1) is 0 Å². The minimum Gasteiger partial charge on any atom is -0.357 e. The van der Waals surface area contributed by atoms with Gasteiger partial charge in [0.2, 0.25) is 0 Å². The van der Waals surface area contributed by atoms with E-state index in [-0.39, 0.29) is 16.5 Å². The predicted octanol–water partition coefficient (Wildman–Crippen LogP) is 6.12. The largest absolute Gasteiger partial charge is 0.357 e. The summed E-state index contributed by atoms with van der Waals surface area (Å²) in [6.07, 6.45) is 0. The maximum atomic E-state index is 4.95. The molecular weight excluding hydrogens is 555 g/mol. The van der Waals surface area contributed by atoms with E-state index in [1.165, 1.54) is 0 Å². The molecule has 7 aromatic rings. The van der Waals surface area contributed by atoms with Crippen LogP contribution in [-0.4, -0.2) is 29.9 Å². The number of hydrogen-bond donors (Lipinski definition) is 0. The van der Waals surface area contributed by atoms with Gasteiger partial charge in [0.25, 0.3) is 0 Å². The summed E-state index contributed by atoms with van der Waals surface area (Å²) in [6, 6.07) is 31.8. The zero-order valence-corrected chi connectivity index (χ0v) is 22.1. The molecule has 196 valence electrons. The Labute approximate surface area is 242 Å². The molecule has 0 unspecified atom stereocenters. The molecule has 9 heteroatoms. The molecule has 41 heavy (non-hydrogen) atoms. The summed E-state index contributed by atoms with van der Waals surface area (Å²) in [5.41, 5.74) is 5.78. The zero-order valence-electron chi connectivity index (χ0n) is 21.1. The van der Waals surface area contributed by atoms with E-state index in [0.717, 1.165) is 43.8 Å². The van der Waals surface area contributed by atoms with Gasteiger partial charge in [-0.25, -0.2) is 9.97 Å². The SMILES string of the molecule is [Ni].c1ccc2c(c1)-c1nc-2nc2[n-]c(nc3nc(nc4[n-]c(n1)c1ccccc41)-c1ccccc1-3)c1ccccc21. The van der Waals surface area contributed by atoms with Gasteiger partial charge in [0.15, 0.2) is 0 Å². The van der Waals surface area contributed by atoms with E-state index in [9.17, 15) is 0 Å².